The lowest BCUT2D eigenvalue weighted by molar-refractivity contribution is -0.231. The van der Waals surface area contributed by atoms with Crippen molar-refractivity contribution >= 4 is 5.91 Å². The number of nitrogens with one attached hydrogen (secondary N) is 1. The van der Waals surface area contributed by atoms with Crippen LogP contribution in [-0.4, -0.2) is 91.9 Å². The minimum atomic E-state index is -1.47. The standard InChI is InChI=1S/C14H27NO8/c1-6(17)11(19)8(15-7(2)18)3-4-9-12(20)14(22)13(21)10(5-16)23-9/h6,8-14,16-17,19-22H,3-5H2,1-2H3,(H,15,18)/t6-,8+,9-,10?,11-,12?,13+,14-/m1/s1. The molecule has 136 valence electrons. The zero-order chi connectivity index (χ0) is 17.7. The third-order valence-corrected chi connectivity index (χ3v) is 4.05. The molecule has 0 aromatic heterocycles. The summed E-state index contributed by atoms with van der Waals surface area (Å²) >= 11 is 0. The lowest BCUT2D eigenvalue weighted by atomic mass is 9.90. The number of ether oxygens (including phenoxy) is 1. The van der Waals surface area contributed by atoms with Crippen LogP contribution in [0.1, 0.15) is 26.7 Å². The molecule has 23 heavy (non-hydrogen) atoms. The average Bonchev–Trinajstić information content (AvgIpc) is 2.49. The van der Waals surface area contributed by atoms with Crippen molar-refractivity contribution in [2.24, 2.45) is 0 Å². The molecule has 2 unspecified atom stereocenters. The molecule has 1 heterocycles. The van der Waals surface area contributed by atoms with Gasteiger partial charge in [0, 0.05) is 6.92 Å². The Morgan fingerprint density at radius 1 is 1.13 bits per heavy atom. The Balaban J connectivity index is 2.69. The van der Waals surface area contributed by atoms with Crippen molar-refractivity contribution in [2.75, 3.05) is 6.61 Å². The van der Waals surface area contributed by atoms with Crippen LogP contribution in [0.5, 0.6) is 0 Å². The van der Waals surface area contributed by atoms with E-state index >= 15 is 0 Å². The molecule has 9 nitrogen and oxygen atoms in total. The van der Waals surface area contributed by atoms with Crippen molar-refractivity contribution in [3.8, 4) is 0 Å². The molecule has 0 saturated carbocycles. The summed E-state index contributed by atoms with van der Waals surface area (Å²) in [5.41, 5.74) is 0. The van der Waals surface area contributed by atoms with E-state index in [0.29, 0.717) is 0 Å². The largest absolute Gasteiger partial charge is 0.394 e. The Morgan fingerprint density at radius 2 is 1.70 bits per heavy atom. The quantitative estimate of drug-likeness (QED) is 0.256. The van der Waals surface area contributed by atoms with Crippen molar-refractivity contribution in [1.29, 1.82) is 0 Å². The summed E-state index contributed by atoms with van der Waals surface area (Å²) in [6.07, 6.45) is -8.13. The van der Waals surface area contributed by atoms with Crippen molar-refractivity contribution in [2.45, 2.75) is 75.5 Å². The van der Waals surface area contributed by atoms with Gasteiger partial charge in [-0.05, 0) is 19.8 Å². The third-order valence-electron chi connectivity index (χ3n) is 4.05. The predicted octanol–water partition coefficient (Wildman–Crippen LogP) is -3.14. The summed E-state index contributed by atoms with van der Waals surface area (Å²) in [6, 6.07) is -0.764. The van der Waals surface area contributed by atoms with Crippen LogP contribution in [-0.2, 0) is 9.53 Å². The fourth-order valence-corrected chi connectivity index (χ4v) is 2.69. The molecule has 1 rings (SSSR count). The number of aliphatic hydroxyl groups is 6. The molecule has 0 aliphatic carbocycles. The number of carbonyl (C=O) groups excluding carboxylic acids is 1. The summed E-state index contributed by atoms with van der Waals surface area (Å²) in [5.74, 6) is -0.386. The molecule has 1 fully saturated rings. The molecule has 1 aliphatic heterocycles. The van der Waals surface area contributed by atoms with Crippen LogP contribution in [0, 0.1) is 0 Å². The van der Waals surface area contributed by atoms with E-state index in [1.165, 1.54) is 13.8 Å². The molecular formula is C14H27NO8. The van der Waals surface area contributed by atoms with Crippen LogP contribution in [0.25, 0.3) is 0 Å². The maximum Gasteiger partial charge on any atom is 0.217 e. The first kappa shape index (κ1) is 20.2. The predicted molar refractivity (Wildman–Crippen MR) is 78.3 cm³/mol. The zero-order valence-electron chi connectivity index (χ0n) is 13.2. The van der Waals surface area contributed by atoms with Crippen molar-refractivity contribution in [3.63, 3.8) is 0 Å². The Hall–Kier alpha value is -0.810. The smallest absolute Gasteiger partial charge is 0.217 e. The summed E-state index contributed by atoms with van der Waals surface area (Å²) < 4.78 is 5.36. The number of aliphatic hydroxyl groups excluding tert-OH is 6. The fourth-order valence-electron chi connectivity index (χ4n) is 2.69. The van der Waals surface area contributed by atoms with Gasteiger partial charge < -0.3 is 40.7 Å². The molecule has 0 aromatic rings. The zero-order valence-corrected chi connectivity index (χ0v) is 13.2. The Bertz CT molecular complexity index is 378. The van der Waals surface area contributed by atoms with Crippen molar-refractivity contribution < 1.29 is 40.2 Å². The number of amides is 1. The van der Waals surface area contributed by atoms with Gasteiger partial charge in [-0.25, -0.2) is 0 Å². The van der Waals surface area contributed by atoms with E-state index < -0.39 is 55.4 Å². The van der Waals surface area contributed by atoms with E-state index in [4.69, 9.17) is 9.84 Å². The molecule has 0 radical (unpaired) electrons. The van der Waals surface area contributed by atoms with Gasteiger partial charge in [-0.1, -0.05) is 0 Å². The van der Waals surface area contributed by atoms with Crippen LogP contribution in [0.4, 0.5) is 0 Å². The molecular weight excluding hydrogens is 310 g/mol. The van der Waals surface area contributed by atoms with Crippen molar-refractivity contribution in [1.82, 2.24) is 5.32 Å². The minimum absolute atomic E-state index is 0.135. The Morgan fingerprint density at radius 3 is 2.17 bits per heavy atom. The van der Waals surface area contributed by atoms with Gasteiger partial charge in [0.05, 0.1) is 31.0 Å². The summed E-state index contributed by atoms with van der Waals surface area (Å²) in [7, 11) is 0. The molecule has 9 heteroatoms. The van der Waals surface area contributed by atoms with Crippen LogP contribution in [0.3, 0.4) is 0 Å². The second-order valence-electron chi connectivity index (χ2n) is 5.98. The molecule has 8 atom stereocenters. The molecule has 1 amide bonds. The van der Waals surface area contributed by atoms with Gasteiger partial charge in [0.1, 0.15) is 24.4 Å². The lowest BCUT2D eigenvalue weighted by Crippen LogP contribution is -2.58. The highest BCUT2D eigenvalue weighted by Gasteiger charge is 2.43. The molecule has 1 saturated heterocycles. The third kappa shape index (κ3) is 5.35. The van der Waals surface area contributed by atoms with Gasteiger partial charge >= 0.3 is 0 Å². The number of hydrogen-bond donors (Lipinski definition) is 7. The van der Waals surface area contributed by atoms with E-state index in [1.807, 2.05) is 0 Å². The van der Waals surface area contributed by atoms with E-state index in [9.17, 15) is 30.3 Å². The second kappa shape index (κ2) is 8.88. The molecule has 0 bridgehead atoms. The Labute approximate surface area is 134 Å². The van der Waals surface area contributed by atoms with Gasteiger partial charge in [-0.3, -0.25) is 4.79 Å². The number of rotatable bonds is 7. The highest BCUT2D eigenvalue weighted by molar-refractivity contribution is 5.73. The molecule has 1 aliphatic rings. The minimum Gasteiger partial charge on any atom is -0.394 e. The van der Waals surface area contributed by atoms with Gasteiger partial charge in [0.15, 0.2) is 0 Å². The topological polar surface area (TPSA) is 160 Å². The number of carbonyl (C=O) groups is 1. The van der Waals surface area contributed by atoms with E-state index in [1.54, 1.807) is 0 Å². The highest BCUT2D eigenvalue weighted by Crippen LogP contribution is 2.25. The second-order valence-corrected chi connectivity index (χ2v) is 5.98. The van der Waals surface area contributed by atoms with Crippen LogP contribution >= 0.6 is 0 Å². The monoisotopic (exact) mass is 337 g/mol. The maximum atomic E-state index is 11.2. The molecule has 7 N–H and O–H groups in total. The van der Waals surface area contributed by atoms with Gasteiger partial charge in [-0.15, -0.1) is 0 Å². The number of hydrogen-bond acceptors (Lipinski definition) is 8. The van der Waals surface area contributed by atoms with Crippen LogP contribution in [0.15, 0.2) is 0 Å². The maximum absolute atomic E-state index is 11.2. The first-order valence-electron chi connectivity index (χ1n) is 7.62. The normalized spacial score (nSPS) is 35.4. The van der Waals surface area contributed by atoms with Gasteiger partial charge in [-0.2, -0.15) is 0 Å². The highest BCUT2D eigenvalue weighted by atomic mass is 16.5. The van der Waals surface area contributed by atoms with E-state index in [2.05, 4.69) is 5.32 Å². The molecule has 0 spiro atoms. The summed E-state index contributed by atoms with van der Waals surface area (Å²) in [4.78, 5) is 11.2. The first-order valence-corrected chi connectivity index (χ1v) is 7.62. The first-order chi connectivity index (χ1) is 10.7. The fraction of sp³-hybridized carbons (Fsp3) is 0.929. The lowest BCUT2D eigenvalue weighted by Gasteiger charge is -2.40. The van der Waals surface area contributed by atoms with Crippen LogP contribution < -0.4 is 5.32 Å². The van der Waals surface area contributed by atoms with Crippen LogP contribution in [0.2, 0.25) is 0 Å². The Kier molecular flexibility index (Phi) is 7.81. The van der Waals surface area contributed by atoms with Gasteiger partial charge in [0.2, 0.25) is 5.91 Å². The summed E-state index contributed by atoms with van der Waals surface area (Å²) in [6.45, 7) is 2.13. The molecule has 0 aromatic carbocycles. The van der Waals surface area contributed by atoms with E-state index in [-0.39, 0.29) is 18.7 Å². The average molecular weight is 337 g/mol. The van der Waals surface area contributed by atoms with E-state index in [0.717, 1.165) is 0 Å². The van der Waals surface area contributed by atoms with Gasteiger partial charge in [0.25, 0.3) is 0 Å². The van der Waals surface area contributed by atoms with Crippen molar-refractivity contribution in [3.05, 3.63) is 0 Å². The SMILES string of the molecule is CC(=O)N[C@@H](CC[C@H]1OC(CO)[C@H](O)[C@H](O)C1O)[C@H](O)[C@@H](C)O. The summed E-state index contributed by atoms with van der Waals surface area (Å²) in [5, 5.41) is 60.4.